The number of hydrogen-bond acceptors (Lipinski definition) is 6. The highest BCUT2D eigenvalue weighted by molar-refractivity contribution is 6.03. The zero-order valence-corrected chi connectivity index (χ0v) is 19.1. The largest absolute Gasteiger partial charge is 0.466 e. The molecule has 8 heteroatoms. The Bertz CT molecular complexity index is 884. The Labute approximate surface area is 189 Å². The van der Waals surface area contributed by atoms with Gasteiger partial charge >= 0.3 is 5.97 Å². The van der Waals surface area contributed by atoms with E-state index in [1.54, 1.807) is 6.20 Å². The average Bonchev–Trinajstić information content (AvgIpc) is 2.77. The van der Waals surface area contributed by atoms with Gasteiger partial charge in [0.1, 0.15) is 6.61 Å². The number of carbonyl (C=O) groups excluding carboxylic acids is 2. The van der Waals surface area contributed by atoms with Gasteiger partial charge in [-0.25, -0.2) is 0 Å². The third-order valence-corrected chi connectivity index (χ3v) is 5.61. The number of hydrogen-bond donors (Lipinski definition) is 2. The number of esters is 1. The molecule has 0 atom stereocenters. The van der Waals surface area contributed by atoms with Gasteiger partial charge in [0.2, 0.25) is 5.91 Å². The van der Waals surface area contributed by atoms with E-state index >= 15 is 0 Å². The summed E-state index contributed by atoms with van der Waals surface area (Å²) in [6.07, 6.45) is 6.40. The van der Waals surface area contributed by atoms with Crippen molar-refractivity contribution in [3.63, 3.8) is 0 Å². The fourth-order valence-corrected chi connectivity index (χ4v) is 4.03. The van der Waals surface area contributed by atoms with Crippen LogP contribution in [0, 0.1) is 5.41 Å². The van der Waals surface area contributed by atoms with Gasteiger partial charge < -0.3 is 20.1 Å². The van der Waals surface area contributed by atoms with E-state index < -0.39 is 5.41 Å². The van der Waals surface area contributed by atoms with Crippen LogP contribution in [0.2, 0.25) is 0 Å². The van der Waals surface area contributed by atoms with E-state index in [0.717, 1.165) is 48.7 Å². The molecule has 0 spiro atoms. The third kappa shape index (κ3) is 6.08. The molecule has 1 aromatic carbocycles. The summed E-state index contributed by atoms with van der Waals surface area (Å²) in [6.45, 7) is 4.96. The summed E-state index contributed by atoms with van der Waals surface area (Å²) in [5, 5.41) is 7.25. The number of carbonyl (C=O) groups is 2. The minimum Gasteiger partial charge on any atom is -0.466 e. The molecule has 1 amide bonds. The molecule has 1 fully saturated rings. The van der Waals surface area contributed by atoms with Gasteiger partial charge in [0, 0.05) is 18.5 Å². The van der Waals surface area contributed by atoms with Crippen LogP contribution in [0.5, 0.6) is 0 Å². The predicted octanol–water partition coefficient (Wildman–Crippen LogP) is 4.56. The molecule has 2 N–H and O–H groups in total. The number of aromatic nitrogens is 1. The van der Waals surface area contributed by atoms with Gasteiger partial charge in [-0.3, -0.25) is 14.6 Å². The molecular weight excluding hydrogens is 418 g/mol. The molecule has 1 saturated carbocycles. The number of anilines is 2. The predicted molar refractivity (Wildman–Crippen MR) is 125 cm³/mol. The lowest BCUT2D eigenvalue weighted by molar-refractivity contribution is -0.156. The maximum absolute atomic E-state index is 12.8. The van der Waals surface area contributed by atoms with Gasteiger partial charge in [0.25, 0.3) is 0 Å². The van der Waals surface area contributed by atoms with E-state index in [4.69, 9.17) is 9.47 Å². The first-order valence-electron chi connectivity index (χ1n) is 10.8. The first-order chi connectivity index (χ1) is 14.6. The molecule has 3 rings (SSSR count). The van der Waals surface area contributed by atoms with Crippen molar-refractivity contribution in [3.8, 4) is 0 Å². The lowest BCUT2D eigenvalue weighted by atomic mass is 9.74. The van der Waals surface area contributed by atoms with Crippen molar-refractivity contribution in [2.75, 3.05) is 37.0 Å². The van der Waals surface area contributed by atoms with Crippen molar-refractivity contribution in [1.29, 1.82) is 0 Å². The molecule has 2 aromatic rings. The van der Waals surface area contributed by atoms with Gasteiger partial charge in [-0.05, 0) is 32.8 Å². The van der Waals surface area contributed by atoms with Crippen molar-refractivity contribution >= 4 is 46.6 Å². The number of fused-ring (bicyclic) bond motifs is 1. The van der Waals surface area contributed by atoms with Crippen LogP contribution in [0.4, 0.5) is 11.4 Å². The monoisotopic (exact) mass is 449 g/mol. The van der Waals surface area contributed by atoms with Crippen LogP contribution < -0.4 is 10.6 Å². The molecule has 0 radical (unpaired) electrons. The molecule has 0 saturated heterocycles. The summed E-state index contributed by atoms with van der Waals surface area (Å²) in [5.74, 6) is -0.382. The first kappa shape index (κ1) is 24.9. The Morgan fingerprint density at radius 3 is 2.55 bits per heavy atom. The SMILES string of the molecule is CCOCC(=O)Nc1cnc2ccccc2c1NCC1(C(=O)OCC)CCCCC1.Cl. The Balaban J connectivity index is 0.00000341. The average molecular weight is 450 g/mol. The zero-order valence-electron chi connectivity index (χ0n) is 18.2. The van der Waals surface area contributed by atoms with Crippen molar-refractivity contribution in [2.24, 2.45) is 5.41 Å². The Hall–Kier alpha value is -2.38. The summed E-state index contributed by atoms with van der Waals surface area (Å²) in [5.41, 5.74) is 1.61. The van der Waals surface area contributed by atoms with Gasteiger partial charge in [-0.2, -0.15) is 0 Å². The normalized spacial score (nSPS) is 15.0. The van der Waals surface area contributed by atoms with Gasteiger partial charge in [0.15, 0.2) is 0 Å². The van der Waals surface area contributed by atoms with E-state index in [2.05, 4.69) is 15.6 Å². The number of rotatable bonds is 9. The first-order valence-corrected chi connectivity index (χ1v) is 10.8. The fourth-order valence-electron chi connectivity index (χ4n) is 4.03. The molecule has 0 unspecified atom stereocenters. The summed E-state index contributed by atoms with van der Waals surface area (Å²) >= 11 is 0. The second-order valence-electron chi connectivity index (χ2n) is 7.66. The molecule has 1 aromatic heterocycles. The van der Waals surface area contributed by atoms with Crippen molar-refractivity contribution in [2.45, 2.75) is 46.0 Å². The van der Waals surface area contributed by atoms with Gasteiger partial charge in [-0.1, -0.05) is 37.5 Å². The van der Waals surface area contributed by atoms with Crippen LogP contribution in [0.3, 0.4) is 0 Å². The maximum Gasteiger partial charge on any atom is 0.313 e. The second-order valence-corrected chi connectivity index (χ2v) is 7.66. The van der Waals surface area contributed by atoms with Crippen LogP contribution >= 0.6 is 12.4 Å². The van der Waals surface area contributed by atoms with Crippen molar-refractivity contribution in [1.82, 2.24) is 4.98 Å². The fraction of sp³-hybridized carbons (Fsp3) is 0.522. The molecule has 170 valence electrons. The quantitative estimate of drug-likeness (QED) is 0.545. The molecule has 0 aliphatic heterocycles. The topological polar surface area (TPSA) is 89.5 Å². The summed E-state index contributed by atoms with van der Waals surface area (Å²) in [6, 6.07) is 7.74. The Morgan fingerprint density at radius 2 is 1.84 bits per heavy atom. The molecule has 1 heterocycles. The molecule has 0 bridgehead atoms. The Morgan fingerprint density at radius 1 is 1.10 bits per heavy atom. The molecular formula is C23H32ClN3O4. The zero-order chi connectivity index (χ0) is 21.4. The number of amides is 1. The van der Waals surface area contributed by atoms with Crippen LogP contribution in [0.1, 0.15) is 46.0 Å². The van der Waals surface area contributed by atoms with Crippen LogP contribution in [0.25, 0.3) is 10.9 Å². The molecule has 7 nitrogen and oxygen atoms in total. The number of pyridine rings is 1. The molecule has 1 aliphatic carbocycles. The summed E-state index contributed by atoms with van der Waals surface area (Å²) in [4.78, 5) is 29.5. The summed E-state index contributed by atoms with van der Waals surface area (Å²) < 4.78 is 10.6. The number of ether oxygens (including phenoxy) is 2. The van der Waals surface area contributed by atoms with Crippen LogP contribution in [-0.2, 0) is 19.1 Å². The van der Waals surface area contributed by atoms with Gasteiger partial charge in [0.05, 0.1) is 35.1 Å². The minimum atomic E-state index is -0.550. The van der Waals surface area contributed by atoms with Crippen molar-refractivity contribution in [3.05, 3.63) is 30.5 Å². The number of benzene rings is 1. The smallest absolute Gasteiger partial charge is 0.313 e. The van der Waals surface area contributed by atoms with Gasteiger partial charge in [-0.15, -0.1) is 12.4 Å². The Kier molecular flexibility index (Phi) is 9.52. The van der Waals surface area contributed by atoms with E-state index in [1.807, 2.05) is 38.1 Å². The minimum absolute atomic E-state index is 0. The molecule has 1 aliphatic rings. The number of nitrogens with zero attached hydrogens (tertiary/aromatic N) is 1. The maximum atomic E-state index is 12.8. The van der Waals surface area contributed by atoms with Crippen molar-refractivity contribution < 1.29 is 19.1 Å². The lowest BCUT2D eigenvalue weighted by Crippen LogP contribution is -2.41. The third-order valence-electron chi connectivity index (χ3n) is 5.61. The number of nitrogens with one attached hydrogen (secondary N) is 2. The summed E-state index contributed by atoms with van der Waals surface area (Å²) in [7, 11) is 0. The molecule has 31 heavy (non-hydrogen) atoms. The van der Waals surface area contributed by atoms with E-state index in [0.29, 0.717) is 25.4 Å². The van der Waals surface area contributed by atoms with E-state index in [1.165, 1.54) is 0 Å². The lowest BCUT2D eigenvalue weighted by Gasteiger charge is -2.35. The number of halogens is 1. The second kappa shape index (κ2) is 11.9. The van der Waals surface area contributed by atoms with E-state index in [-0.39, 0.29) is 30.9 Å². The highest BCUT2D eigenvalue weighted by Crippen LogP contribution is 2.39. The van der Waals surface area contributed by atoms with Crippen LogP contribution in [-0.4, -0.2) is 43.2 Å². The highest BCUT2D eigenvalue weighted by Gasteiger charge is 2.41. The number of para-hydroxylation sites is 1. The standard InChI is InChI=1S/C23H31N3O4.ClH/c1-3-29-15-20(27)26-19-14-24-18-11-7-6-10-17(18)21(19)25-16-23(22(28)30-4-2)12-8-5-9-13-23;/h6-7,10-11,14H,3-5,8-9,12-13,15-16H2,1-2H3,(H,24,25)(H,26,27);1H. The van der Waals surface area contributed by atoms with E-state index in [9.17, 15) is 9.59 Å². The van der Waals surface area contributed by atoms with Crippen LogP contribution in [0.15, 0.2) is 30.5 Å². The highest BCUT2D eigenvalue weighted by atomic mass is 35.5.